The van der Waals surface area contributed by atoms with Crippen LogP contribution >= 0.6 is 0 Å². The molecule has 0 aliphatic heterocycles. The smallest absolute Gasteiger partial charge is 0 e. The molecule has 2 nitrogen and oxygen atoms in total. The molecular weight excluding hydrogens is 410 g/mol. The summed E-state index contributed by atoms with van der Waals surface area (Å²) in [5.41, 5.74) is 0. The van der Waals surface area contributed by atoms with Crippen LogP contribution in [0.1, 0.15) is 0 Å². The topological polar surface area (TPSA) is 40.5 Å². The van der Waals surface area contributed by atoms with Crippen molar-refractivity contribution in [2.24, 2.45) is 0 Å². The minimum Gasteiger partial charge on any atom is 0 e. The Morgan fingerprint density at radius 2 is 1.14 bits per heavy atom. The van der Waals surface area contributed by atoms with Crippen molar-refractivity contribution in [3.63, 3.8) is 0 Å². The molecule has 3 radical (unpaired) electrons. The van der Waals surface area contributed by atoms with Gasteiger partial charge in [-0.2, -0.15) is 0 Å². The predicted molar refractivity (Wildman–Crippen MR) is 22.7 cm³/mol. The Bertz CT molecular complexity index is 17.7. The molecule has 0 amide bonds. The van der Waals surface area contributed by atoms with Crippen molar-refractivity contribution in [2.75, 3.05) is 13.2 Å². The Labute approximate surface area is 86.2 Å². The van der Waals surface area contributed by atoms with Crippen molar-refractivity contribution < 1.29 is 49.8 Å². The molecule has 0 aromatic rings. The summed E-state index contributed by atoms with van der Waals surface area (Å²) in [7, 11) is 0. The van der Waals surface area contributed by atoms with Gasteiger partial charge in [-0.1, -0.05) is 0 Å². The molecule has 0 bridgehead atoms. The molecule has 2 N–H and O–H groups in total. The van der Waals surface area contributed by atoms with E-state index >= 15 is 0 Å². The second kappa shape index (κ2) is 24.5. The molecule has 5 heteroatoms. The number of aliphatic hydroxyl groups is 2. The van der Waals surface area contributed by atoms with Gasteiger partial charge >= 0.3 is 23.9 Å². The van der Waals surface area contributed by atoms with Crippen LogP contribution in [-0.2, 0) is 39.6 Å². The van der Waals surface area contributed by atoms with E-state index in [4.69, 9.17) is 10.2 Å². The molecule has 0 atom stereocenters. The van der Waals surface area contributed by atoms with E-state index in [2.05, 4.69) is 0 Å². The summed E-state index contributed by atoms with van der Waals surface area (Å²) in [5, 5.41) is 15.2. The second-order valence-corrected chi connectivity index (χ2v) is 0.447. The molecule has 0 aromatic heterocycles. The first kappa shape index (κ1) is 23.0. The van der Waals surface area contributed by atoms with Crippen molar-refractivity contribution >= 4 is 23.9 Å². The molecule has 7 heavy (non-hydrogen) atoms. The second-order valence-electron chi connectivity index (χ2n) is 0.447. The van der Waals surface area contributed by atoms with Gasteiger partial charge in [-0.25, -0.2) is 0 Å². The Hall–Kier alpha value is 1.99. The maximum absolute atomic E-state index is 7.62. The van der Waals surface area contributed by atoms with Gasteiger partial charge in [-0.15, -0.1) is 0 Å². The molecule has 0 saturated heterocycles. The maximum Gasteiger partial charge on any atom is 0 e. The minimum atomic E-state index is -0.125. The first-order valence-corrected chi connectivity index (χ1v) is 1.13. The third kappa shape index (κ3) is 32.1. The van der Waals surface area contributed by atoms with Gasteiger partial charge in [0, 0.05) is 39.6 Å². The summed E-state index contributed by atoms with van der Waals surface area (Å²) in [6, 6.07) is 0. The van der Waals surface area contributed by atoms with Gasteiger partial charge in [0.1, 0.15) is 0 Å². The van der Waals surface area contributed by atoms with Crippen LogP contribution in [-0.4, -0.2) is 47.3 Å². The average Bonchev–Trinajstić information content (AvgIpc) is 1.37. The Balaban J connectivity index is -0.0000000150. The normalized spacial score (nSPS) is 4.29. The zero-order valence-electron chi connectivity index (χ0n) is 3.87. The van der Waals surface area contributed by atoms with Crippen LogP contribution in [0, 0.1) is 0 Å². The molecule has 0 aliphatic carbocycles. The number of rotatable bonds is 1. The molecule has 0 aliphatic rings. The van der Waals surface area contributed by atoms with E-state index in [1.165, 1.54) is 0 Å². The van der Waals surface area contributed by atoms with E-state index in [-0.39, 0.29) is 76.7 Å². The van der Waals surface area contributed by atoms with Gasteiger partial charge in [-0.05, 0) is 0 Å². The molecule has 0 fully saturated rings. The Morgan fingerprint density at radius 1 is 1.00 bits per heavy atom. The van der Waals surface area contributed by atoms with Crippen molar-refractivity contribution in [1.29, 1.82) is 0 Å². The third-order valence-electron chi connectivity index (χ3n) is 0.1000. The molecule has 43 valence electrons. The predicted octanol–water partition coefficient (Wildman–Crippen LogP) is -1.95. The van der Waals surface area contributed by atoms with Gasteiger partial charge in [0.2, 0.25) is 0 Å². The van der Waals surface area contributed by atoms with Gasteiger partial charge in [-0.3, -0.25) is 0 Å². The summed E-state index contributed by atoms with van der Waals surface area (Å²) < 4.78 is 0. The monoisotopic (exact) mass is 419 g/mol. The quantitative estimate of drug-likeness (QED) is 0.487. The van der Waals surface area contributed by atoms with E-state index in [0.717, 1.165) is 0 Å². The van der Waals surface area contributed by atoms with Crippen LogP contribution in [0.5, 0.6) is 0 Å². The summed E-state index contributed by atoms with van der Waals surface area (Å²) in [4.78, 5) is 0. The fourth-order valence-electron chi connectivity index (χ4n) is 0. The minimum absolute atomic E-state index is 0. The molecule has 0 rings (SSSR count). The van der Waals surface area contributed by atoms with Crippen LogP contribution in [0.2, 0.25) is 0 Å². The molecule has 0 heterocycles. The van der Waals surface area contributed by atoms with Crippen LogP contribution in [0.25, 0.3) is 0 Å². The Kier molecular flexibility index (Phi) is 80.7. The van der Waals surface area contributed by atoms with Crippen LogP contribution in [0.4, 0.5) is 0 Å². The van der Waals surface area contributed by atoms with E-state index in [1.807, 2.05) is 0 Å². The van der Waals surface area contributed by atoms with E-state index in [0.29, 0.717) is 0 Å². The summed E-state index contributed by atoms with van der Waals surface area (Å²) in [6.45, 7) is -0.250. The first-order chi connectivity index (χ1) is 1.91. The zero-order chi connectivity index (χ0) is 3.41. The van der Waals surface area contributed by atoms with Crippen LogP contribution in [0.15, 0.2) is 0 Å². The number of aliphatic hydroxyl groups excluding tert-OH is 2. The van der Waals surface area contributed by atoms with Crippen molar-refractivity contribution in [3.8, 4) is 0 Å². The molecule has 0 unspecified atom stereocenters. The first-order valence-electron chi connectivity index (χ1n) is 1.13. The van der Waals surface area contributed by atoms with E-state index in [9.17, 15) is 0 Å². The van der Waals surface area contributed by atoms with E-state index < -0.39 is 0 Å². The molecule has 0 spiro atoms. The van der Waals surface area contributed by atoms with Crippen molar-refractivity contribution in [1.82, 2.24) is 0 Å². The van der Waals surface area contributed by atoms with Gasteiger partial charge in [0.15, 0.2) is 0 Å². The largest absolute Gasteiger partial charge is 0 e. The Morgan fingerprint density at radius 3 is 1.14 bits per heavy atom. The van der Waals surface area contributed by atoms with Crippen LogP contribution < -0.4 is 0 Å². The van der Waals surface area contributed by atoms with Gasteiger partial charge in [0.05, 0.1) is 13.2 Å². The van der Waals surface area contributed by atoms with E-state index in [1.54, 1.807) is 0 Å². The average molecular weight is 418 g/mol. The fraction of sp³-hybridized carbons (Fsp3) is 1.00. The zero-order valence-corrected chi connectivity index (χ0v) is 12.2. The summed E-state index contributed by atoms with van der Waals surface area (Å²) in [6.07, 6.45) is 0. The molecule has 0 saturated carbocycles. The van der Waals surface area contributed by atoms with Crippen LogP contribution in [0.3, 0.4) is 0 Å². The number of hydrogen-bond acceptors (Lipinski definition) is 2. The fourth-order valence-corrected chi connectivity index (χ4v) is 0. The van der Waals surface area contributed by atoms with Gasteiger partial charge in [0.25, 0.3) is 0 Å². The maximum atomic E-state index is 7.62. The van der Waals surface area contributed by atoms with Crippen molar-refractivity contribution in [3.05, 3.63) is 0 Å². The van der Waals surface area contributed by atoms with Crippen molar-refractivity contribution in [2.45, 2.75) is 0 Å². The SMILES string of the molecule is OCCO.[SnH2].[V].[W]. The molecule has 0 aromatic carbocycles. The standard InChI is InChI=1S/C2H6O2.Sn.V.W.2H/c3-1-2-4;;;;;/h3-4H,1-2H2;;;;;. The molecular formula is C2H8O2SnVW. The summed E-state index contributed by atoms with van der Waals surface area (Å²) >= 11 is 0. The van der Waals surface area contributed by atoms with Gasteiger partial charge < -0.3 is 10.2 Å². The number of hydrogen-bond donors (Lipinski definition) is 2. The third-order valence-corrected chi connectivity index (χ3v) is 0.1000. The summed E-state index contributed by atoms with van der Waals surface area (Å²) in [5.74, 6) is 0.